The van der Waals surface area contributed by atoms with Crippen molar-refractivity contribution >= 4 is 28.6 Å². The standard InChI is InChI=1S/C31H43N5O2/c1-30(2,3)23-17-19(18-24(26(23)37)31(4,5)6)28(38)32-20-13-15-21(16-14-20)33-29-34-25-12-10-9-11-22(25)27(35-29)36(7)8/h9-12,17-18,20-21,37H,13-16H2,1-8H3,(H,32,38)(H,33,34,35). The fraction of sp³-hybridized carbons (Fsp3) is 0.516. The Bertz CT molecular complexity index is 1280. The highest BCUT2D eigenvalue weighted by atomic mass is 16.3. The molecule has 1 fully saturated rings. The van der Waals surface area contributed by atoms with Crippen LogP contribution in [0.2, 0.25) is 0 Å². The van der Waals surface area contributed by atoms with Gasteiger partial charge in [0.2, 0.25) is 5.95 Å². The second-order valence-corrected chi connectivity index (χ2v) is 12.9. The quantitative estimate of drug-likeness (QED) is 0.376. The number of carbonyl (C=O) groups is 1. The molecule has 7 nitrogen and oxygen atoms in total. The number of benzene rings is 2. The number of phenolic OH excluding ortho intramolecular Hbond substituents is 1. The number of amides is 1. The van der Waals surface area contributed by atoms with Gasteiger partial charge in [0.25, 0.3) is 5.91 Å². The van der Waals surface area contributed by atoms with Crippen LogP contribution in [-0.2, 0) is 10.8 Å². The van der Waals surface area contributed by atoms with Crippen LogP contribution in [0.1, 0.15) is 88.7 Å². The van der Waals surface area contributed by atoms with E-state index in [-0.39, 0.29) is 28.8 Å². The number of hydrogen-bond acceptors (Lipinski definition) is 6. The number of phenols is 1. The monoisotopic (exact) mass is 517 g/mol. The van der Waals surface area contributed by atoms with Crippen molar-refractivity contribution in [2.45, 2.75) is 90.1 Å². The van der Waals surface area contributed by atoms with Crippen LogP contribution in [0.25, 0.3) is 10.9 Å². The fourth-order valence-electron chi connectivity index (χ4n) is 5.21. The number of nitrogens with one attached hydrogen (secondary N) is 2. The molecular formula is C31H43N5O2. The van der Waals surface area contributed by atoms with Crippen LogP contribution in [0.4, 0.5) is 11.8 Å². The van der Waals surface area contributed by atoms with E-state index in [1.54, 1.807) is 0 Å². The summed E-state index contributed by atoms with van der Waals surface area (Å²) < 4.78 is 0. The van der Waals surface area contributed by atoms with Crippen molar-refractivity contribution in [2.75, 3.05) is 24.3 Å². The number of carbonyl (C=O) groups excluding carboxylic acids is 1. The number of anilines is 2. The summed E-state index contributed by atoms with van der Waals surface area (Å²) in [5.41, 5.74) is 2.58. The average molecular weight is 518 g/mol. The van der Waals surface area contributed by atoms with Gasteiger partial charge in [0.15, 0.2) is 0 Å². The number of hydrogen-bond donors (Lipinski definition) is 3. The lowest BCUT2D eigenvalue weighted by atomic mass is 9.78. The maximum Gasteiger partial charge on any atom is 0.251 e. The lowest BCUT2D eigenvalue weighted by Crippen LogP contribution is -2.40. The van der Waals surface area contributed by atoms with Crippen LogP contribution >= 0.6 is 0 Å². The summed E-state index contributed by atoms with van der Waals surface area (Å²) in [5.74, 6) is 1.76. The molecule has 0 aliphatic heterocycles. The molecule has 1 amide bonds. The number of fused-ring (bicyclic) bond motifs is 1. The Kier molecular flexibility index (Phi) is 7.60. The summed E-state index contributed by atoms with van der Waals surface area (Å²) >= 11 is 0. The first-order valence-corrected chi connectivity index (χ1v) is 13.6. The van der Waals surface area contributed by atoms with Gasteiger partial charge in [-0.05, 0) is 60.8 Å². The van der Waals surface area contributed by atoms with Gasteiger partial charge in [-0.15, -0.1) is 0 Å². The third-order valence-electron chi connectivity index (χ3n) is 7.39. The van der Waals surface area contributed by atoms with Gasteiger partial charge >= 0.3 is 0 Å². The first kappa shape index (κ1) is 27.7. The maximum absolute atomic E-state index is 13.3. The van der Waals surface area contributed by atoms with Crippen LogP contribution in [0, 0.1) is 0 Å². The van der Waals surface area contributed by atoms with Crippen LogP contribution in [0.3, 0.4) is 0 Å². The minimum Gasteiger partial charge on any atom is -0.507 e. The van der Waals surface area contributed by atoms with Gasteiger partial charge in [0, 0.05) is 48.3 Å². The van der Waals surface area contributed by atoms with Crippen molar-refractivity contribution < 1.29 is 9.90 Å². The van der Waals surface area contributed by atoms with E-state index in [1.165, 1.54) is 0 Å². The van der Waals surface area contributed by atoms with Crippen molar-refractivity contribution in [2.24, 2.45) is 0 Å². The number of aromatic hydroxyl groups is 1. The zero-order valence-corrected chi connectivity index (χ0v) is 24.1. The van der Waals surface area contributed by atoms with Crippen LogP contribution in [0.5, 0.6) is 5.75 Å². The Morgan fingerprint density at radius 2 is 1.45 bits per heavy atom. The minimum absolute atomic E-state index is 0.0779. The molecule has 1 aliphatic carbocycles. The topological polar surface area (TPSA) is 90.4 Å². The molecule has 1 saturated carbocycles. The number of nitrogens with zero attached hydrogens (tertiary/aromatic N) is 3. The second-order valence-electron chi connectivity index (χ2n) is 12.9. The van der Waals surface area contributed by atoms with E-state index >= 15 is 0 Å². The van der Waals surface area contributed by atoms with Crippen molar-refractivity contribution in [3.63, 3.8) is 0 Å². The molecular weight excluding hydrogens is 474 g/mol. The summed E-state index contributed by atoms with van der Waals surface area (Å²) in [7, 11) is 3.99. The molecule has 7 heteroatoms. The zero-order chi connectivity index (χ0) is 27.8. The Morgan fingerprint density at radius 1 is 0.895 bits per heavy atom. The van der Waals surface area contributed by atoms with E-state index in [9.17, 15) is 9.90 Å². The van der Waals surface area contributed by atoms with E-state index in [1.807, 2.05) is 55.4 Å². The van der Waals surface area contributed by atoms with E-state index in [2.05, 4.69) is 52.2 Å². The smallest absolute Gasteiger partial charge is 0.251 e. The second kappa shape index (κ2) is 10.4. The Morgan fingerprint density at radius 3 is 2.00 bits per heavy atom. The van der Waals surface area contributed by atoms with Crippen LogP contribution < -0.4 is 15.5 Å². The first-order valence-electron chi connectivity index (χ1n) is 13.6. The van der Waals surface area contributed by atoms with E-state index in [0.717, 1.165) is 53.5 Å². The van der Waals surface area contributed by atoms with Crippen LogP contribution in [0.15, 0.2) is 36.4 Å². The molecule has 204 valence electrons. The van der Waals surface area contributed by atoms with Crippen molar-refractivity contribution in [3.8, 4) is 5.75 Å². The molecule has 0 unspecified atom stereocenters. The lowest BCUT2D eigenvalue weighted by molar-refractivity contribution is 0.0926. The molecule has 0 radical (unpaired) electrons. The van der Waals surface area contributed by atoms with Gasteiger partial charge in [-0.1, -0.05) is 53.7 Å². The summed E-state index contributed by atoms with van der Waals surface area (Å²) in [6, 6.07) is 12.1. The number of para-hydroxylation sites is 1. The van der Waals surface area contributed by atoms with Gasteiger partial charge in [-0.2, -0.15) is 4.98 Å². The molecule has 3 N–H and O–H groups in total. The highest BCUT2D eigenvalue weighted by molar-refractivity contribution is 5.95. The molecule has 4 rings (SSSR count). The van der Waals surface area contributed by atoms with Crippen molar-refractivity contribution in [3.05, 3.63) is 53.1 Å². The van der Waals surface area contributed by atoms with E-state index < -0.39 is 0 Å². The Hall–Kier alpha value is -3.35. The molecule has 38 heavy (non-hydrogen) atoms. The SMILES string of the molecule is CN(C)c1nc(NC2CCC(NC(=O)c3cc(C(C)(C)C)c(O)c(C(C)(C)C)c3)CC2)nc2ccccc12. The largest absolute Gasteiger partial charge is 0.507 e. The van der Waals surface area contributed by atoms with Gasteiger partial charge in [-0.25, -0.2) is 4.98 Å². The third-order valence-corrected chi connectivity index (χ3v) is 7.39. The molecule has 1 heterocycles. The average Bonchev–Trinajstić information content (AvgIpc) is 2.83. The van der Waals surface area contributed by atoms with Gasteiger partial charge in [0.05, 0.1) is 5.52 Å². The first-order chi connectivity index (χ1) is 17.7. The lowest BCUT2D eigenvalue weighted by Gasteiger charge is -2.31. The summed E-state index contributed by atoms with van der Waals surface area (Å²) in [6.07, 6.45) is 3.62. The predicted octanol–water partition coefficient (Wildman–Crippen LogP) is 6.15. The maximum atomic E-state index is 13.3. The van der Waals surface area contributed by atoms with E-state index in [4.69, 9.17) is 9.97 Å². The number of aromatic nitrogens is 2. The molecule has 2 aromatic carbocycles. The fourth-order valence-corrected chi connectivity index (χ4v) is 5.21. The molecule has 0 atom stereocenters. The summed E-state index contributed by atoms with van der Waals surface area (Å²) in [5, 5.41) is 18.8. The molecule has 0 bridgehead atoms. The Labute approximate surface area is 227 Å². The molecule has 1 aromatic heterocycles. The van der Waals surface area contributed by atoms with Crippen LogP contribution in [-0.4, -0.2) is 47.2 Å². The van der Waals surface area contributed by atoms with Gasteiger partial charge in [-0.3, -0.25) is 4.79 Å². The Balaban J connectivity index is 1.44. The summed E-state index contributed by atoms with van der Waals surface area (Å²) in [6.45, 7) is 12.4. The highest BCUT2D eigenvalue weighted by Crippen LogP contribution is 2.40. The van der Waals surface area contributed by atoms with Crippen molar-refractivity contribution in [1.82, 2.24) is 15.3 Å². The zero-order valence-electron chi connectivity index (χ0n) is 24.1. The van der Waals surface area contributed by atoms with Gasteiger partial charge in [0.1, 0.15) is 11.6 Å². The predicted molar refractivity (Wildman–Crippen MR) is 157 cm³/mol. The molecule has 3 aromatic rings. The summed E-state index contributed by atoms with van der Waals surface area (Å²) in [4.78, 5) is 24.9. The number of rotatable bonds is 5. The highest BCUT2D eigenvalue weighted by Gasteiger charge is 2.29. The van der Waals surface area contributed by atoms with E-state index in [0.29, 0.717) is 17.3 Å². The van der Waals surface area contributed by atoms with Gasteiger partial charge < -0.3 is 20.6 Å². The molecule has 0 saturated heterocycles. The molecule has 0 spiro atoms. The van der Waals surface area contributed by atoms with Crippen molar-refractivity contribution in [1.29, 1.82) is 0 Å². The molecule has 1 aliphatic rings. The third kappa shape index (κ3) is 6.03. The normalized spacial score (nSPS) is 18.3. The minimum atomic E-state index is -0.276.